The Kier molecular flexibility index (Phi) is 4.93. The third kappa shape index (κ3) is 3.40. The van der Waals surface area contributed by atoms with Gasteiger partial charge in [0.15, 0.2) is 0 Å². The number of nitrogens with two attached hydrogens (primary N) is 1. The highest BCUT2D eigenvalue weighted by Gasteiger charge is 2.42. The Bertz CT molecular complexity index is 426. The Morgan fingerprint density at radius 1 is 1.38 bits per heavy atom. The van der Waals surface area contributed by atoms with Crippen molar-refractivity contribution in [2.75, 3.05) is 13.1 Å². The maximum absolute atomic E-state index is 11.4. The van der Waals surface area contributed by atoms with Crippen molar-refractivity contribution >= 4 is 5.91 Å². The summed E-state index contributed by atoms with van der Waals surface area (Å²) in [7, 11) is 0. The van der Waals surface area contributed by atoms with Crippen LogP contribution >= 0.6 is 0 Å². The summed E-state index contributed by atoms with van der Waals surface area (Å²) in [6, 6.07) is 2.82. The first-order valence-electron chi connectivity index (χ1n) is 8.32. The Morgan fingerprint density at radius 2 is 2.10 bits per heavy atom. The first-order chi connectivity index (χ1) is 9.89. The van der Waals surface area contributed by atoms with Crippen molar-refractivity contribution in [2.45, 2.75) is 58.9 Å². The van der Waals surface area contributed by atoms with Gasteiger partial charge in [-0.1, -0.05) is 27.2 Å². The van der Waals surface area contributed by atoms with Crippen LogP contribution in [-0.2, 0) is 4.79 Å². The van der Waals surface area contributed by atoms with Crippen molar-refractivity contribution in [1.82, 2.24) is 4.90 Å². The summed E-state index contributed by atoms with van der Waals surface area (Å²) in [5.41, 5.74) is 5.78. The van der Waals surface area contributed by atoms with Gasteiger partial charge in [0.2, 0.25) is 5.91 Å². The van der Waals surface area contributed by atoms with Gasteiger partial charge in [0.25, 0.3) is 0 Å². The van der Waals surface area contributed by atoms with E-state index in [1.165, 1.54) is 6.42 Å². The summed E-state index contributed by atoms with van der Waals surface area (Å²) in [5, 5.41) is 9.47. The van der Waals surface area contributed by atoms with Gasteiger partial charge in [-0.25, -0.2) is 0 Å². The summed E-state index contributed by atoms with van der Waals surface area (Å²) in [4.78, 5) is 13.7. The molecule has 1 saturated heterocycles. The smallest absolute Gasteiger partial charge is 0.221 e. The summed E-state index contributed by atoms with van der Waals surface area (Å²) >= 11 is 0. The number of nitriles is 1. The zero-order valence-electron chi connectivity index (χ0n) is 13.6. The summed E-state index contributed by atoms with van der Waals surface area (Å²) in [5.74, 6) is 0.571. The quantitative estimate of drug-likeness (QED) is 0.865. The molecular formula is C17H29N3O. The molecule has 2 aliphatic rings. The molecule has 2 fully saturated rings. The van der Waals surface area contributed by atoms with E-state index >= 15 is 0 Å². The van der Waals surface area contributed by atoms with E-state index < -0.39 is 0 Å². The van der Waals surface area contributed by atoms with Crippen molar-refractivity contribution in [1.29, 1.82) is 5.26 Å². The van der Waals surface area contributed by atoms with Gasteiger partial charge in [0.1, 0.15) is 0 Å². The van der Waals surface area contributed by atoms with E-state index in [1.807, 2.05) is 0 Å². The summed E-state index contributed by atoms with van der Waals surface area (Å²) < 4.78 is 0. The molecule has 0 aromatic carbocycles. The molecule has 4 unspecified atom stereocenters. The number of hydrogen-bond donors (Lipinski definition) is 1. The Hall–Kier alpha value is -1.08. The topological polar surface area (TPSA) is 70.1 Å². The molecule has 0 aromatic rings. The lowest BCUT2D eigenvalue weighted by Crippen LogP contribution is -2.45. The molecule has 4 atom stereocenters. The number of carbonyl (C=O) groups excluding carboxylic acids is 1. The molecule has 4 heteroatoms. The van der Waals surface area contributed by atoms with Crippen LogP contribution in [0.25, 0.3) is 0 Å². The molecule has 1 aliphatic heterocycles. The average molecular weight is 291 g/mol. The van der Waals surface area contributed by atoms with Crippen molar-refractivity contribution in [2.24, 2.45) is 28.9 Å². The van der Waals surface area contributed by atoms with Gasteiger partial charge in [-0.05, 0) is 43.6 Å². The largest absolute Gasteiger partial charge is 0.369 e. The minimum atomic E-state index is -0.188. The average Bonchev–Trinajstić information content (AvgIpc) is 2.96. The number of carbonyl (C=O) groups is 1. The molecule has 2 N–H and O–H groups in total. The molecule has 1 aliphatic carbocycles. The van der Waals surface area contributed by atoms with Crippen LogP contribution in [0.2, 0.25) is 0 Å². The van der Waals surface area contributed by atoms with Crippen LogP contribution < -0.4 is 5.73 Å². The van der Waals surface area contributed by atoms with Crippen LogP contribution in [0.1, 0.15) is 52.9 Å². The van der Waals surface area contributed by atoms with E-state index in [9.17, 15) is 10.1 Å². The number of nitrogens with zero attached hydrogens (tertiary/aromatic N) is 2. The van der Waals surface area contributed by atoms with Crippen molar-refractivity contribution in [3.05, 3.63) is 0 Å². The van der Waals surface area contributed by atoms with Crippen LogP contribution in [-0.4, -0.2) is 29.9 Å². The zero-order chi connectivity index (χ0) is 15.6. The fourth-order valence-corrected chi connectivity index (χ4v) is 4.02. The fraction of sp³-hybridized carbons (Fsp3) is 0.882. The lowest BCUT2D eigenvalue weighted by Gasteiger charge is -2.44. The maximum atomic E-state index is 11.4. The third-order valence-corrected chi connectivity index (χ3v) is 6.09. The number of likely N-dealkylation sites (tertiary alicyclic amines) is 1. The molecule has 21 heavy (non-hydrogen) atoms. The molecule has 0 bridgehead atoms. The minimum Gasteiger partial charge on any atom is -0.369 e. The first-order valence-corrected chi connectivity index (χ1v) is 8.32. The summed E-state index contributed by atoms with van der Waals surface area (Å²) in [6.07, 6.45) is 5.26. The summed E-state index contributed by atoms with van der Waals surface area (Å²) in [6.45, 7) is 8.60. The Balaban J connectivity index is 2.08. The molecule has 4 nitrogen and oxygen atoms in total. The van der Waals surface area contributed by atoms with Crippen LogP contribution in [0.5, 0.6) is 0 Å². The molecule has 1 saturated carbocycles. The number of hydrogen-bond acceptors (Lipinski definition) is 3. The highest BCUT2D eigenvalue weighted by molar-refractivity contribution is 5.77. The molecule has 1 heterocycles. The lowest BCUT2D eigenvalue weighted by atomic mass is 9.66. The second-order valence-electron chi connectivity index (χ2n) is 7.54. The molecule has 0 radical (unpaired) electrons. The molecule has 0 aromatic heterocycles. The van der Waals surface area contributed by atoms with Crippen LogP contribution in [0.4, 0.5) is 0 Å². The van der Waals surface area contributed by atoms with Gasteiger partial charge in [-0.2, -0.15) is 5.26 Å². The van der Waals surface area contributed by atoms with Gasteiger partial charge >= 0.3 is 0 Å². The Labute approximate surface area is 128 Å². The zero-order valence-corrected chi connectivity index (χ0v) is 13.6. The van der Waals surface area contributed by atoms with Crippen molar-refractivity contribution < 1.29 is 4.79 Å². The molecule has 1 amide bonds. The first kappa shape index (κ1) is 16.3. The van der Waals surface area contributed by atoms with E-state index in [4.69, 9.17) is 5.73 Å². The van der Waals surface area contributed by atoms with Crippen LogP contribution in [0, 0.1) is 34.5 Å². The van der Waals surface area contributed by atoms with Crippen LogP contribution in [0.15, 0.2) is 0 Å². The van der Waals surface area contributed by atoms with E-state index in [2.05, 4.69) is 31.7 Å². The van der Waals surface area contributed by atoms with E-state index in [1.54, 1.807) is 0 Å². The molecule has 2 rings (SSSR count). The predicted molar refractivity (Wildman–Crippen MR) is 83.2 cm³/mol. The predicted octanol–water partition coefficient (Wildman–Crippen LogP) is 2.54. The van der Waals surface area contributed by atoms with E-state index in [0.29, 0.717) is 17.4 Å². The van der Waals surface area contributed by atoms with Gasteiger partial charge in [0, 0.05) is 12.6 Å². The minimum absolute atomic E-state index is 0.0242. The maximum Gasteiger partial charge on any atom is 0.221 e. The van der Waals surface area contributed by atoms with Crippen LogP contribution in [0.3, 0.4) is 0 Å². The fourth-order valence-electron chi connectivity index (χ4n) is 4.02. The number of primary amides is 1. The van der Waals surface area contributed by atoms with Crippen molar-refractivity contribution in [3.63, 3.8) is 0 Å². The normalized spacial score (nSPS) is 34.6. The highest BCUT2D eigenvalue weighted by Crippen LogP contribution is 2.44. The lowest BCUT2D eigenvalue weighted by molar-refractivity contribution is -0.121. The van der Waals surface area contributed by atoms with Gasteiger partial charge in [-0.3, -0.25) is 9.69 Å². The van der Waals surface area contributed by atoms with Gasteiger partial charge in [-0.15, -0.1) is 0 Å². The second kappa shape index (κ2) is 6.36. The van der Waals surface area contributed by atoms with E-state index in [0.717, 1.165) is 38.8 Å². The highest BCUT2D eigenvalue weighted by atomic mass is 16.1. The standard InChI is InChI=1S/C17H29N3O/c1-4-17(2,3)14-6-5-12(10-18)15(9-14)20-8-7-13(11-20)16(19)21/h12-15H,4-9,11H2,1-3H3,(H2,19,21). The number of rotatable bonds is 4. The van der Waals surface area contributed by atoms with Gasteiger partial charge in [0.05, 0.1) is 17.9 Å². The Morgan fingerprint density at radius 3 is 2.62 bits per heavy atom. The van der Waals surface area contributed by atoms with Gasteiger partial charge < -0.3 is 5.73 Å². The molecule has 118 valence electrons. The van der Waals surface area contributed by atoms with E-state index in [-0.39, 0.29) is 17.7 Å². The SMILES string of the molecule is CCC(C)(C)C1CCC(C#N)C(N2CCC(C(N)=O)C2)C1. The second-order valence-corrected chi connectivity index (χ2v) is 7.54. The monoisotopic (exact) mass is 291 g/mol. The third-order valence-electron chi connectivity index (χ3n) is 6.09. The van der Waals surface area contributed by atoms with Crippen molar-refractivity contribution in [3.8, 4) is 6.07 Å². The number of amides is 1. The molecular weight excluding hydrogens is 262 g/mol. The molecule has 0 spiro atoms.